The molecule has 1 rings (SSSR count). The number of alkyl halides is 2. The molecule has 0 aliphatic rings. The van der Waals surface area contributed by atoms with Gasteiger partial charge in [-0.25, -0.2) is 8.78 Å². The zero-order chi connectivity index (χ0) is 12.3. The van der Waals surface area contributed by atoms with Crippen LogP contribution in [-0.4, -0.2) is 23.4 Å². The van der Waals surface area contributed by atoms with Crippen molar-refractivity contribution in [2.45, 2.75) is 26.3 Å². The summed E-state index contributed by atoms with van der Waals surface area (Å²) in [4.78, 5) is 25.5. The molecule has 1 aromatic rings. The van der Waals surface area contributed by atoms with Gasteiger partial charge in [-0.2, -0.15) is 0 Å². The fraction of sp³-hybridized carbons (Fsp3) is 0.400. The first-order chi connectivity index (χ1) is 7.41. The van der Waals surface area contributed by atoms with E-state index in [0.29, 0.717) is 5.69 Å². The Morgan fingerprint density at radius 3 is 2.62 bits per heavy atom. The maximum atomic E-state index is 12.2. The normalized spacial score (nSPS) is 12.6. The highest BCUT2D eigenvalue weighted by Crippen LogP contribution is 2.01. The van der Waals surface area contributed by atoms with Crippen LogP contribution in [0.25, 0.3) is 0 Å². The van der Waals surface area contributed by atoms with Crippen LogP contribution < -0.4 is 10.7 Å². The smallest absolute Gasteiger partial charge is 0.258 e. The standard InChI is InChI=1S/C10H12F2N2O2/c1-5-3-8(15)7(4-13-5)10(16)14-6(2)9(11)12/h3-4,6,9H,1-2H3,(H,13,15)(H,14,16). The Labute approximate surface area is 90.7 Å². The maximum Gasteiger partial charge on any atom is 0.258 e. The van der Waals surface area contributed by atoms with Gasteiger partial charge in [-0.1, -0.05) is 0 Å². The molecule has 0 saturated carbocycles. The number of nitrogens with one attached hydrogen (secondary N) is 2. The van der Waals surface area contributed by atoms with Crippen molar-refractivity contribution in [2.24, 2.45) is 0 Å². The zero-order valence-corrected chi connectivity index (χ0v) is 8.88. The van der Waals surface area contributed by atoms with Gasteiger partial charge in [-0.05, 0) is 13.8 Å². The largest absolute Gasteiger partial charge is 0.364 e. The second-order valence-corrected chi connectivity index (χ2v) is 3.49. The molecule has 0 spiro atoms. The molecule has 1 aromatic heterocycles. The minimum Gasteiger partial charge on any atom is -0.364 e. The number of hydrogen-bond acceptors (Lipinski definition) is 2. The average Bonchev–Trinajstić information content (AvgIpc) is 2.16. The first-order valence-corrected chi connectivity index (χ1v) is 4.70. The lowest BCUT2D eigenvalue weighted by Gasteiger charge is -2.12. The average molecular weight is 230 g/mol. The van der Waals surface area contributed by atoms with E-state index in [1.807, 2.05) is 5.32 Å². The van der Waals surface area contributed by atoms with Crippen LogP contribution in [0.5, 0.6) is 0 Å². The number of H-pyrrole nitrogens is 1. The Morgan fingerprint density at radius 2 is 2.12 bits per heavy atom. The van der Waals surface area contributed by atoms with Crippen LogP contribution in [0.3, 0.4) is 0 Å². The Balaban J connectivity index is 2.85. The molecule has 6 heteroatoms. The number of aromatic amines is 1. The van der Waals surface area contributed by atoms with E-state index in [9.17, 15) is 18.4 Å². The van der Waals surface area contributed by atoms with Crippen LogP contribution in [0.4, 0.5) is 8.78 Å². The Hall–Kier alpha value is -1.72. The molecule has 1 unspecified atom stereocenters. The van der Waals surface area contributed by atoms with Gasteiger partial charge in [-0.3, -0.25) is 9.59 Å². The number of rotatable bonds is 3. The van der Waals surface area contributed by atoms with Crippen molar-refractivity contribution in [3.8, 4) is 0 Å². The number of carbonyl (C=O) groups is 1. The third-order valence-corrected chi connectivity index (χ3v) is 2.04. The van der Waals surface area contributed by atoms with Gasteiger partial charge < -0.3 is 10.3 Å². The van der Waals surface area contributed by atoms with E-state index in [-0.39, 0.29) is 5.56 Å². The summed E-state index contributed by atoms with van der Waals surface area (Å²) in [6.45, 7) is 2.83. The Kier molecular flexibility index (Phi) is 3.76. The van der Waals surface area contributed by atoms with Crippen molar-refractivity contribution < 1.29 is 13.6 Å². The summed E-state index contributed by atoms with van der Waals surface area (Å²) >= 11 is 0. The first kappa shape index (κ1) is 12.4. The topological polar surface area (TPSA) is 62.0 Å². The van der Waals surface area contributed by atoms with Gasteiger partial charge in [-0.15, -0.1) is 0 Å². The van der Waals surface area contributed by atoms with E-state index < -0.39 is 23.8 Å². The van der Waals surface area contributed by atoms with Crippen LogP contribution in [0.15, 0.2) is 17.1 Å². The quantitative estimate of drug-likeness (QED) is 0.815. The highest BCUT2D eigenvalue weighted by Gasteiger charge is 2.19. The molecule has 16 heavy (non-hydrogen) atoms. The molecule has 0 aromatic carbocycles. The van der Waals surface area contributed by atoms with Crippen LogP contribution in [-0.2, 0) is 0 Å². The molecule has 0 radical (unpaired) electrons. The van der Waals surface area contributed by atoms with Gasteiger partial charge in [0.1, 0.15) is 5.56 Å². The third kappa shape index (κ3) is 2.88. The highest BCUT2D eigenvalue weighted by atomic mass is 19.3. The Bertz CT molecular complexity index is 443. The lowest BCUT2D eigenvalue weighted by molar-refractivity contribution is 0.0779. The SMILES string of the molecule is Cc1cc(=O)c(C(=O)NC(C)C(F)F)c[nH]1. The number of carbonyl (C=O) groups excluding carboxylic acids is 1. The minimum atomic E-state index is -2.66. The van der Waals surface area contributed by atoms with E-state index >= 15 is 0 Å². The van der Waals surface area contributed by atoms with E-state index in [2.05, 4.69) is 4.98 Å². The summed E-state index contributed by atoms with van der Waals surface area (Å²) in [5, 5.41) is 2.05. The first-order valence-electron chi connectivity index (χ1n) is 4.70. The van der Waals surface area contributed by atoms with Crippen LogP contribution >= 0.6 is 0 Å². The second kappa shape index (κ2) is 4.87. The molecule has 0 aliphatic carbocycles. The van der Waals surface area contributed by atoms with Gasteiger partial charge in [0, 0.05) is 18.0 Å². The summed E-state index contributed by atoms with van der Waals surface area (Å²) in [6, 6.07) is -0.0460. The molecule has 88 valence electrons. The van der Waals surface area contributed by atoms with Gasteiger partial charge in [0.25, 0.3) is 12.3 Å². The number of pyridine rings is 1. The van der Waals surface area contributed by atoms with Gasteiger partial charge in [0.15, 0.2) is 5.43 Å². The van der Waals surface area contributed by atoms with E-state index in [1.54, 1.807) is 6.92 Å². The number of hydrogen-bond donors (Lipinski definition) is 2. The monoisotopic (exact) mass is 230 g/mol. The second-order valence-electron chi connectivity index (χ2n) is 3.49. The van der Waals surface area contributed by atoms with Crippen molar-refractivity contribution in [3.63, 3.8) is 0 Å². The van der Waals surface area contributed by atoms with Gasteiger partial charge in [0.05, 0.1) is 6.04 Å². The summed E-state index contributed by atoms with van der Waals surface area (Å²) in [5.74, 6) is -0.797. The van der Waals surface area contributed by atoms with Crippen molar-refractivity contribution >= 4 is 5.91 Å². The van der Waals surface area contributed by atoms with Gasteiger partial charge in [0.2, 0.25) is 0 Å². The lowest BCUT2D eigenvalue weighted by Crippen LogP contribution is -2.39. The fourth-order valence-electron chi connectivity index (χ4n) is 1.10. The van der Waals surface area contributed by atoms with Crippen molar-refractivity contribution in [2.75, 3.05) is 0 Å². The molecule has 0 saturated heterocycles. The molecule has 0 fully saturated rings. The van der Waals surface area contributed by atoms with Crippen molar-refractivity contribution in [1.82, 2.24) is 10.3 Å². The number of halogens is 2. The van der Waals surface area contributed by atoms with Crippen LogP contribution in [0.1, 0.15) is 23.0 Å². The molecule has 2 N–H and O–H groups in total. The molecular formula is C10H12F2N2O2. The maximum absolute atomic E-state index is 12.2. The molecule has 1 heterocycles. The molecule has 0 aliphatic heterocycles. The summed E-state index contributed by atoms with van der Waals surface area (Å²) in [5.41, 5.74) is -0.0585. The van der Waals surface area contributed by atoms with E-state index in [1.165, 1.54) is 19.2 Å². The summed E-state index contributed by atoms with van der Waals surface area (Å²) in [6.07, 6.45) is -1.45. The molecule has 1 atom stereocenters. The number of aryl methyl sites for hydroxylation is 1. The van der Waals surface area contributed by atoms with E-state index in [4.69, 9.17) is 0 Å². The van der Waals surface area contributed by atoms with Crippen LogP contribution in [0.2, 0.25) is 0 Å². The van der Waals surface area contributed by atoms with Crippen molar-refractivity contribution in [3.05, 3.63) is 33.7 Å². The molecule has 1 amide bonds. The zero-order valence-electron chi connectivity index (χ0n) is 8.88. The summed E-state index contributed by atoms with van der Waals surface area (Å²) in [7, 11) is 0. The summed E-state index contributed by atoms with van der Waals surface area (Å²) < 4.78 is 24.3. The minimum absolute atomic E-state index is 0.168. The number of aromatic nitrogens is 1. The van der Waals surface area contributed by atoms with Crippen LogP contribution in [0, 0.1) is 6.92 Å². The predicted octanol–water partition coefficient (Wildman–Crippen LogP) is 1.07. The lowest BCUT2D eigenvalue weighted by atomic mass is 10.2. The highest BCUT2D eigenvalue weighted by molar-refractivity contribution is 5.93. The van der Waals surface area contributed by atoms with Gasteiger partial charge >= 0.3 is 0 Å². The molecule has 0 bridgehead atoms. The van der Waals surface area contributed by atoms with Crippen molar-refractivity contribution in [1.29, 1.82) is 0 Å². The fourth-order valence-corrected chi connectivity index (χ4v) is 1.10. The number of amides is 1. The third-order valence-electron chi connectivity index (χ3n) is 2.04. The molecular weight excluding hydrogens is 218 g/mol. The Morgan fingerprint density at radius 1 is 1.50 bits per heavy atom. The van der Waals surface area contributed by atoms with E-state index in [0.717, 1.165) is 0 Å². The molecule has 4 nitrogen and oxygen atoms in total. The predicted molar refractivity (Wildman–Crippen MR) is 54.7 cm³/mol.